The Labute approximate surface area is 182 Å². The van der Waals surface area contributed by atoms with Gasteiger partial charge in [0.15, 0.2) is 0 Å². The highest BCUT2D eigenvalue weighted by molar-refractivity contribution is 6.55. The third-order valence-electron chi connectivity index (χ3n) is 10.2. The van der Waals surface area contributed by atoms with Crippen LogP contribution in [0.3, 0.4) is 0 Å². The predicted octanol–water partition coefficient (Wildman–Crippen LogP) is 5.14. The van der Waals surface area contributed by atoms with Crippen LogP contribution in [-0.2, 0) is 14.1 Å². The van der Waals surface area contributed by atoms with Crippen molar-refractivity contribution in [3.8, 4) is 0 Å². The maximum Gasteiger partial charge on any atom is 0.490 e. The Kier molecular flexibility index (Phi) is 4.34. The highest BCUT2D eigenvalue weighted by Gasteiger charge is 2.62. The van der Waals surface area contributed by atoms with Crippen LogP contribution in [0.25, 0.3) is 0 Å². The zero-order valence-corrected chi connectivity index (χ0v) is 19.9. The summed E-state index contributed by atoms with van der Waals surface area (Å²) in [5.41, 5.74) is 2.39. The van der Waals surface area contributed by atoms with Gasteiger partial charge >= 0.3 is 7.12 Å². The van der Waals surface area contributed by atoms with E-state index in [1.807, 2.05) is 11.9 Å². The van der Waals surface area contributed by atoms with Crippen LogP contribution in [0.5, 0.6) is 0 Å². The molecule has 2 saturated heterocycles. The number of nitrogens with zero attached hydrogens (tertiary/aromatic N) is 1. The van der Waals surface area contributed by atoms with Crippen molar-refractivity contribution in [2.45, 2.75) is 91.3 Å². The average Bonchev–Trinajstić information content (AvgIpc) is 3.11. The number of carbonyl (C=O) groups excluding carboxylic acids is 1. The van der Waals surface area contributed by atoms with Crippen LogP contribution in [0.4, 0.5) is 0 Å². The first kappa shape index (κ1) is 20.8. The smallest absolute Gasteiger partial charge is 0.400 e. The van der Waals surface area contributed by atoms with Gasteiger partial charge in [-0.3, -0.25) is 4.79 Å². The van der Waals surface area contributed by atoms with Gasteiger partial charge in [-0.25, -0.2) is 0 Å². The average molecular weight is 411 g/mol. The van der Waals surface area contributed by atoms with Gasteiger partial charge < -0.3 is 14.2 Å². The molecular formula is C25H38BNO3. The summed E-state index contributed by atoms with van der Waals surface area (Å²) in [5, 5.41) is 0. The Balaban J connectivity index is 1.43. The summed E-state index contributed by atoms with van der Waals surface area (Å²) in [7, 11) is 1.76. The normalized spacial score (nSPS) is 44.2. The second-order valence-electron chi connectivity index (χ2n) is 12.0. The predicted molar refractivity (Wildman–Crippen MR) is 119 cm³/mol. The van der Waals surface area contributed by atoms with Crippen molar-refractivity contribution in [1.29, 1.82) is 0 Å². The van der Waals surface area contributed by atoms with Gasteiger partial charge in [0, 0.05) is 24.6 Å². The first-order chi connectivity index (χ1) is 13.9. The molecule has 0 aromatic rings. The molecule has 164 valence electrons. The lowest BCUT2D eigenvalue weighted by molar-refractivity contribution is -0.135. The molecule has 5 atom stereocenters. The van der Waals surface area contributed by atoms with Gasteiger partial charge in [-0.15, -0.1) is 0 Å². The minimum Gasteiger partial charge on any atom is -0.400 e. The zero-order valence-electron chi connectivity index (χ0n) is 19.9. The monoisotopic (exact) mass is 411 g/mol. The minimum absolute atomic E-state index is 0.139. The maximum absolute atomic E-state index is 12.3. The van der Waals surface area contributed by atoms with E-state index in [-0.39, 0.29) is 35.1 Å². The molecule has 2 aliphatic heterocycles. The highest BCUT2D eigenvalue weighted by atomic mass is 16.7. The lowest BCUT2D eigenvalue weighted by atomic mass is 9.46. The third kappa shape index (κ3) is 2.57. The summed E-state index contributed by atoms with van der Waals surface area (Å²) in [4.78, 5) is 14.3. The van der Waals surface area contributed by atoms with Gasteiger partial charge in [-0.1, -0.05) is 26.0 Å². The lowest BCUT2D eigenvalue weighted by Crippen LogP contribution is -2.53. The van der Waals surface area contributed by atoms with Crippen molar-refractivity contribution >= 4 is 13.0 Å². The molecule has 0 radical (unpaired) electrons. The molecule has 0 spiro atoms. The number of carbonyl (C=O) groups is 1. The number of likely N-dealkylation sites (tertiary alicyclic amines) is 1. The Bertz CT molecular complexity index is 829. The molecule has 5 rings (SSSR count). The summed E-state index contributed by atoms with van der Waals surface area (Å²) in [6, 6.07) is 0. The molecule has 1 saturated carbocycles. The Morgan fingerprint density at radius 1 is 0.933 bits per heavy atom. The van der Waals surface area contributed by atoms with E-state index in [1.54, 1.807) is 0 Å². The van der Waals surface area contributed by atoms with Crippen LogP contribution in [0, 0.1) is 28.6 Å². The number of hydrogen-bond donors (Lipinski definition) is 0. The van der Waals surface area contributed by atoms with Crippen molar-refractivity contribution < 1.29 is 14.1 Å². The van der Waals surface area contributed by atoms with E-state index in [4.69, 9.17) is 9.31 Å². The molecule has 5 unspecified atom stereocenters. The van der Waals surface area contributed by atoms with Gasteiger partial charge in [-0.05, 0) is 88.4 Å². The van der Waals surface area contributed by atoms with Crippen molar-refractivity contribution in [2.24, 2.45) is 28.6 Å². The zero-order chi connectivity index (χ0) is 21.7. The molecule has 1 amide bonds. The molecule has 30 heavy (non-hydrogen) atoms. The lowest BCUT2D eigenvalue weighted by Gasteiger charge is -2.58. The number of fused-ring (bicyclic) bond motifs is 5. The Morgan fingerprint density at radius 3 is 2.27 bits per heavy atom. The van der Waals surface area contributed by atoms with E-state index in [2.05, 4.69) is 53.7 Å². The Morgan fingerprint density at radius 2 is 1.60 bits per heavy atom. The number of allylic oxidation sites excluding steroid dienone is 4. The fraction of sp³-hybridized carbons (Fsp3) is 0.800. The van der Waals surface area contributed by atoms with Crippen LogP contribution in [0.15, 0.2) is 23.3 Å². The molecular weight excluding hydrogens is 373 g/mol. The summed E-state index contributed by atoms with van der Waals surface area (Å²) >= 11 is 0. The van der Waals surface area contributed by atoms with E-state index in [1.165, 1.54) is 24.0 Å². The number of rotatable bonds is 1. The summed E-state index contributed by atoms with van der Waals surface area (Å²) in [6.07, 6.45) is 11.2. The van der Waals surface area contributed by atoms with Crippen molar-refractivity contribution in [2.75, 3.05) is 7.05 Å². The maximum atomic E-state index is 12.3. The van der Waals surface area contributed by atoms with Crippen molar-refractivity contribution in [3.63, 3.8) is 0 Å². The molecule has 2 heterocycles. The largest absolute Gasteiger partial charge is 0.490 e. The molecule has 4 nitrogen and oxygen atoms in total. The van der Waals surface area contributed by atoms with Crippen LogP contribution in [0.2, 0.25) is 0 Å². The molecule has 5 heteroatoms. The van der Waals surface area contributed by atoms with Crippen LogP contribution >= 0.6 is 0 Å². The molecule has 0 bridgehead atoms. The summed E-state index contributed by atoms with van der Waals surface area (Å²) in [6.45, 7) is 13.5. The second-order valence-corrected chi connectivity index (χ2v) is 12.0. The molecule has 0 aromatic heterocycles. The van der Waals surface area contributed by atoms with Crippen LogP contribution < -0.4 is 0 Å². The second kappa shape index (κ2) is 6.25. The van der Waals surface area contributed by atoms with Gasteiger partial charge in [0.2, 0.25) is 5.91 Å². The van der Waals surface area contributed by atoms with Gasteiger partial charge in [0.25, 0.3) is 0 Å². The summed E-state index contributed by atoms with van der Waals surface area (Å²) < 4.78 is 13.0. The van der Waals surface area contributed by atoms with Crippen LogP contribution in [-0.4, -0.2) is 36.2 Å². The SMILES string of the molecule is CN1C(=O)CCC2(C)C1=CCC1C3CC=C(B4OC(C)(C)C(C)(C)O4)C3(C)CCC12. The van der Waals surface area contributed by atoms with E-state index >= 15 is 0 Å². The van der Waals surface area contributed by atoms with E-state index in [0.29, 0.717) is 24.2 Å². The van der Waals surface area contributed by atoms with Gasteiger partial charge in [-0.2, -0.15) is 0 Å². The van der Waals surface area contributed by atoms with E-state index in [9.17, 15) is 4.79 Å². The van der Waals surface area contributed by atoms with Crippen molar-refractivity contribution in [3.05, 3.63) is 23.3 Å². The molecule has 3 fully saturated rings. The fourth-order valence-electron chi connectivity index (χ4n) is 7.52. The van der Waals surface area contributed by atoms with E-state index in [0.717, 1.165) is 19.3 Å². The fourth-order valence-corrected chi connectivity index (χ4v) is 7.52. The quantitative estimate of drug-likeness (QED) is 0.561. The molecule has 0 N–H and O–H groups in total. The third-order valence-corrected chi connectivity index (χ3v) is 10.2. The van der Waals surface area contributed by atoms with Gasteiger partial charge in [0.05, 0.1) is 11.2 Å². The highest BCUT2D eigenvalue weighted by Crippen LogP contribution is 2.65. The summed E-state index contributed by atoms with van der Waals surface area (Å²) in [5.74, 6) is 2.26. The minimum atomic E-state index is -0.292. The topological polar surface area (TPSA) is 38.8 Å². The van der Waals surface area contributed by atoms with Crippen LogP contribution in [0.1, 0.15) is 80.1 Å². The van der Waals surface area contributed by atoms with Gasteiger partial charge in [0.1, 0.15) is 0 Å². The van der Waals surface area contributed by atoms with Crippen molar-refractivity contribution in [1.82, 2.24) is 4.90 Å². The molecule has 5 aliphatic rings. The first-order valence-electron chi connectivity index (χ1n) is 11.9. The first-order valence-corrected chi connectivity index (χ1v) is 11.9. The molecule has 3 aliphatic carbocycles. The number of piperidine rings is 1. The molecule has 0 aromatic carbocycles. The number of amides is 1. The Hall–Kier alpha value is -1.07. The standard InChI is InChI=1S/C25H38BNO3/c1-22(2)23(3,4)30-26(29-22)19-10-9-17-16-8-11-20-25(6,15-13-21(28)27(20)7)18(16)12-14-24(17,19)5/h10-11,16-18H,8-9,12-15H2,1-7H3. The van der Waals surface area contributed by atoms with E-state index < -0.39 is 0 Å². The number of hydrogen-bond acceptors (Lipinski definition) is 3.